The third-order valence-corrected chi connectivity index (χ3v) is 5.42. The van der Waals surface area contributed by atoms with Gasteiger partial charge in [-0.25, -0.2) is 0 Å². The maximum Gasteiger partial charge on any atom is 0.273 e. The quantitative estimate of drug-likeness (QED) is 0.548. The van der Waals surface area contributed by atoms with E-state index in [4.69, 9.17) is 4.74 Å². The van der Waals surface area contributed by atoms with Crippen LogP contribution in [0.25, 0.3) is 11.3 Å². The lowest BCUT2D eigenvalue weighted by Crippen LogP contribution is -2.29. The standard InChI is InChI=1S/C24H20N4O2/c1-30-19-11-9-17(10-12-19)21-20-22(27-26-21)24(29)28(15-16-6-5-13-25-14-16)23(20)18-7-3-2-4-8-18/h2-14,23H,15H2,1H3,(H,26,27). The lowest BCUT2D eigenvalue weighted by Gasteiger charge is -2.26. The van der Waals surface area contributed by atoms with Crippen LogP contribution in [-0.2, 0) is 6.54 Å². The van der Waals surface area contributed by atoms with Gasteiger partial charge in [0.25, 0.3) is 5.91 Å². The van der Waals surface area contributed by atoms with Gasteiger partial charge in [0.15, 0.2) is 0 Å². The number of benzene rings is 2. The van der Waals surface area contributed by atoms with Crippen LogP contribution in [0.1, 0.15) is 33.2 Å². The number of pyridine rings is 1. The van der Waals surface area contributed by atoms with Gasteiger partial charge in [-0.2, -0.15) is 5.10 Å². The second kappa shape index (κ2) is 7.48. The maximum atomic E-state index is 13.3. The van der Waals surface area contributed by atoms with E-state index in [1.807, 2.05) is 71.6 Å². The molecule has 5 rings (SSSR count). The Kier molecular flexibility index (Phi) is 4.52. The van der Waals surface area contributed by atoms with E-state index in [0.717, 1.165) is 33.7 Å². The lowest BCUT2D eigenvalue weighted by atomic mass is 9.96. The van der Waals surface area contributed by atoms with Crippen LogP contribution < -0.4 is 4.74 Å². The molecule has 6 nitrogen and oxygen atoms in total. The zero-order valence-electron chi connectivity index (χ0n) is 16.4. The van der Waals surface area contributed by atoms with Gasteiger partial charge in [-0.15, -0.1) is 0 Å². The summed E-state index contributed by atoms with van der Waals surface area (Å²) in [4.78, 5) is 19.4. The van der Waals surface area contributed by atoms with Crippen LogP contribution in [0.3, 0.4) is 0 Å². The molecular formula is C24H20N4O2. The number of carbonyl (C=O) groups excluding carboxylic acids is 1. The summed E-state index contributed by atoms with van der Waals surface area (Å²) in [5.41, 5.74) is 5.19. The lowest BCUT2D eigenvalue weighted by molar-refractivity contribution is 0.0730. The predicted octanol–water partition coefficient (Wildman–Crippen LogP) is 4.23. The molecule has 2 aromatic carbocycles. The molecule has 1 unspecified atom stereocenters. The fourth-order valence-electron chi connectivity index (χ4n) is 4.00. The number of aromatic amines is 1. The SMILES string of the molecule is COc1ccc(-c2n[nH]c3c2C(c2ccccc2)N(Cc2cccnc2)C3=O)cc1. The Morgan fingerprint density at radius 2 is 1.83 bits per heavy atom. The van der Waals surface area contributed by atoms with Crippen molar-refractivity contribution in [1.29, 1.82) is 0 Å². The van der Waals surface area contributed by atoms with Crippen LogP contribution in [0.15, 0.2) is 79.1 Å². The van der Waals surface area contributed by atoms with Gasteiger partial charge < -0.3 is 9.64 Å². The molecule has 0 saturated carbocycles. The van der Waals surface area contributed by atoms with Gasteiger partial charge in [0.05, 0.1) is 18.8 Å². The predicted molar refractivity (Wildman–Crippen MR) is 113 cm³/mol. The highest BCUT2D eigenvalue weighted by Gasteiger charge is 2.42. The molecule has 4 aromatic rings. The summed E-state index contributed by atoms with van der Waals surface area (Å²) in [6, 6.07) is 21.4. The first-order chi connectivity index (χ1) is 14.8. The van der Waals surface area contributed by atoms with Gasteiger partial charge in [0.2, 0.25) is 0 Å². The molecule has 1 aliphatic rings. The number of H-pyrrole nitrogens is 1. The zero-order valence-corrected chi connectivity index (χ0v) is 16.4. The van der Waals surface area contributed by atoms with E-state index in [1.165, 1.54) is 0 Å². The average Bonchev–Trinajstić information content (AvgIpc) is 3.34. The van der Waals surface area contributed by atoms with E-state index in [-0.39, 0.29) is 11.9 Å². The molecule has 0 bridgehead atoms. The van der Waals surface area contributed by atoms with Crippen molar-refractivity contribution in [3.8, 4) is 17.0 Å². The minimum Gasteiger partial charge on any atom is -0.497 e. The van der Waals surface area contributed by atoms with Crippen molar-refractivity contribution in [3.63, 3.8) is 0 Å². The van der Waals surface area contributed by atoms with Crippen LogP contribution in [0.2, 0.25) is 0 Å². The Labute approximate surface area is 174 Å². The van der Waals surface area contributed by atoms with Crippen molar-refractivity contribution in [2.75, 3.05) is 7.11 Å². The number of rotatable bonds is 5. The molecule has 1 aliphatic heterocycles. The Morgan fingerprint density at radius 3 is 2.53 bits per heavy atom. The summed E-state index contributed by atoms with van der Waals surface area (Å²) in [5.74, 6) is 0.717. The summed E-state index contributed by atoms with van der Waals surface area (Å²) in [6.07, 6.45) is 3.53. The van der Waals surface area contributed by atoms with Crippen molar-refractivity contribution in [1.82, 2.24) is 20.1 Å². The van der Waals surface area contributed by atoms with Crippen LogP contribution in [0.5, 0.6) is 5.75 Å². The largest absolute Gasteiger partial charge is 0.497 e. The highest BCUT2D eigenvalue weighted by Crippen LogP contribution is 2.43. The number of methoxy groups -OCH3 is 1. The van der Waals surface area contributed by atoms with Gasteiger partial charge >= 0.3 is 0 Å². The maximum absolute atomic E-state index is 13.3. The third kappa shape index (κ3) is 3.03. The Morgan fingerprint density at radius 1 is 1.03 bits per heavy atom. The van der Waals surface area contributed by atoms with Crippen LogP contribution >= 0.6 is 0 Å². The van der Waals surface area contributed by atoms with Crippen molar-refractivity contribution in [3.05, 3.63) is 102 Å². The molecule has 0 saturated heterocycles. The van der Waals surface area contributed by atoms with E-state index in [9.17, 15) is 4.79 Å². The fraction of sp³-hybridized carbons (Fsp3) is 0.125. The van der Waals surface area contributed by atoms with Gasteiger partial charge in [-0.05, 0) is 41.5 Å². The fourth-order valence-corrected chi connectivity index (χ4v) is 4.00. The van der Waals surface area contributed by atoms with Gasteiger partial charge in [-0.1, -0.05) is 36.4 Å². The average molecular weight is 396 g/mol. The molecule has 0 fully saturated rings. The Balaban J connectivity index is 1.62. The monoisotopic (exact) mass is 396 g/mol. The molecule has 0 spiro atoms. The number of aromatic nitrogens is 3. The highest BCUT2D eigenvalue weighted by molar-refractivity contribution is 6.00. The second-order valence-electron chi connectivity index (χ2n) is 7.20. The van der Waals surface area contributed by atoms with Gasteiger partial charge in [0.1, 0.15) is 11.4 Å². The van der Waals surface area contributed by atoms with Crippen LogP contribution in [0, 0.1) is 0 Å². The number of hydrogen-bond donors (Lipinski definition) is 1. The molecule has 3 heterocycles. The first-order valence-corrected chi connectivity index (χ1v) is 9.74. The molecule has 148 valence electrons. The number of carbonyl (C=O) groups is 1. The summed E-state index contributed by atoms with van der Waals surface area (Å²) in [7, 11) is 1.64. The smallest absolute Gasteiger partial charge is 0.273 e. The van der Waals surface area contributed by atoms with E-state index < -0.39 is 0 Å². The van der Waals surface area contributed by atoms with E-state index >= 15 is 0 Å². The first kappa shape index (κ1) is 18.1. The number of nitrogens with one attached hydrogen (secondary N) is 1. The highest BCUT2D eigenvalue weighted by atomic mass is 16.5. The van der Waals surface area contributed by atoms with Gasteiger partial charge in [0, 0.05) is 30.1 Å². The van der Waals surface area contributed by atoms with Crippen molar-refractivity contribution in [2.45, 2.75) is 12.6 Å². The summed E-state index contributed by atoms with van der Waals surface area (Å²) < 4.78 is 5.27. The Bertz CT molecular complexity index is 1170. The molecule has 2 aromatic heterocycles. The van der Waals surface area contributed by atoms with Crippen molar-refractivity contribution in [2.24, 2.45) is 0 Å². The first-order valence-electron chi connectivity index (χ1n) is 9.74. The summed E-state index contributed by atoms with van der Waals surface area (Å²) in [6.45, 7) is 0.469. The van der Waals surface area contributed by atoms with Crippen molar-refractivity contribution < 1.29 is 9.53 Å². The normalized spacial score (nSPS) is 15.3. The minimum absolute atomic E-state index is 0.0602. The number of ether oxygens (including phenoxy) is 1. The summed E-state index contributed by atoms with van der Waals surface area (Å²) in [5, 5.41) is 7.50. The Hall–Kier alpha value is -3.93. The third-order valence-electron chi connectivity index (χ3n) is 5.42. The van der Waals surface area contributed by atoms with Crippen LogP contribution in [0.4, 0.5) is 0 Å². The minimum atomic E-state index is -0.232. The van der Waals surface area contributed by atoms with Crippen molar-refractivity contribution >= 4 is 5.91 Å². The number of nitrogens with zero attached hydrogens (tertiary/aromatic N) is 3. The molecule has 0 aliphatic carbocycles. The molecule has 0 radical (unpaired) electrons. The number of hydrogen-bond acceptors (Lipinski definition) is 4. The topological polar surface area (TPSA) is 71.1 Å². The van der Waals surface area contributed by atoms with Crippen LogP contribution in [-0.4, -0.2) is 33.1 Å². The number of amides is 1. The molecule has 1 N–H and O–H groups in total. The van der Waals surface area contributed by atoms with Gasteiger partial charge in [-0.3, -0.25) is 14.9 Å². The molecule has 30 heavy (non-hydrogen) atoms. The van der Waals surface area contributed by atoms with E-state index in [0.29, 0.717) is 12.2 Å². The zero-order chi connectivity index (χ0) is 20.5. The molecule has 1 atom stereocenters. The van der Waals surface area contributed by atoms with E-state index in [1.54, 1.807) is 19.5 Å². The molecular weight excluding hydrogens is 376 g/mol. The molecule has 6 heteroatoms. The van der Waals surface area contributed by atoms with E-state index in [2.05, 4.69) is 15.2 Å². The molecule has 1 amide bonds. The number of fused-ring (bicyclic) bond motifs is 1. The summed E-state index contributed by atoms with van der Waals surface area (Å²) >= 11 is 0. The second-order valence-corrected chi connectivity index (χ2v) is 7.20.